The Kier molecular flexibility index (Phi) is 7.67. The molecule has 0 aliphatic carbocycles. The summed E-state index contributed by atoms with van der Waals surface area (Å²) in [6.45, 7) is 0. The van der Waals surface area contributed by atoms with Crippen molar-refractivity contribution < 1.29 is 32.2 Å². The Bertz CT molecular complexity index is 1460. The van der Waals surface area contributed by atoms with Crippen LogP contribution in [0.1, 0.15) is 0 Å². The van der Waals surface area contributed by atoms with Crippen molar-refractivity contribution in [3.8, 4) is 17.2 Å². The summed E-state index contributed by atoms with van der Waals surface area (Å²) in [6.07, 6.45) is -2.14. The van der Waals surface area contributed by atoms with Gasteiger partial charge in [-0.3, -0.25) is 0 Å². The molecule has 0 heterocycles. The van der Waals surface area contributed by atoms with Gasteiger partial charge in [0.2, 0.25) is 0 Å². The predicted molar refractivity (Wildman–Crippen MR) is 136 cm³/mol. The third-order valence-electron chi connectivity index (χ3n) is 4.68. The van der Waals surface area contributed by atoms with Crippen LogP contribution in [0, 0.1) is 0 Å². The fourth-order valence-electron chi connectivity index (χ4n) is 3.07. The van der Waals surface area contributed by atoms with Crippen LogP contribution in [0.2, 0.25) is 0 Å². The number of halogens is 1. The summed E-state index contributed by atoms with van der Waals surface area (Å²) >= 11 is 3.26. The van der Waals surface area contributed by atoms with Crippen molar-refractivity contribution in [2.75, 3.05) is 4.31 Å². The third kappa shape index (κ3) is 5.91. The second-order valence-electron chi connectivity index (χ2n) is 7.15. The molecule has 4 rings (SSSR count). The predicted octanol–water partition coefficient (Wildman–Crippen LogP) is 6.42. The second-order valence-corrected chi connectivity index (χ2v) is 9.79. The van der Waals surface area contributed by atoms with Crippen LogP contribution in [-0.2, 0) is 10.0 Å². The second kappa shape index (κ2) is 11.1. The molecule has 36 heavy (non-hydrogen) atoms. The van der Waals surface area contributed by atoms with Gasteiger partial charge in [0.15, 0.2) is 0 Å². The molecule has 0 bridgehead atoms. The Morgan fingerprint density at radius 1 is 0.667 bits per heavy atom. The van der Waals surface area contributed by atoms with Crippen LogP contribution in [0.5, 0.6) is 17.2 Å². The molecule has 8 nitrogen and oxygen atoms in total. The van der Waals surface area contributed by atoms with E-state index in [-0.39, 0.29) is 26.6 Å². The largest absolute Gasteiger partial charge is 0.519 e. The van der Waals surface area contributed by atoms with Gasteiger partial charge in [-0.1, -0.05) is 54.6 Å². The third-order valence-corrected chi connectivity index (χ3v) is 7.01. The summed E-state index contributed by atoms with van der Waals surface area (Å²) in [5.41, 5.74) is -0.0459. The van der Waals surface area contributed by atoms with Gasteiger partial charge in [-0.25, -0.2) is 18.0 Å². The van der Waals surface area contributed by atoms with Gasteiger partial charge in [-0.2, -0.15) is 4.31 Å². The van der Waals surface area contributed by atoms with Crippen molar-refractivity contribution in [1.29, 1.82) is 0 Å². The van der Waals surface area contributed by atoms with Gasteiger partial charge < -0.3 is 14.2 Å². The van der Waals surface area contributed by atoms with E-state index in [0.29, 0.717) is 10.1 Å². The number of carbonyl (C=O) groups is 2. The number of carbonyl (C=O) groups excluding carboxylic acids is 2. The van der Waals surface area contributed by atoms with Gasteiger partial charge in [0.1, 0.15) is 17.2 Å². The maximum Gasteiger partial charge on any atom is 0.519 e. The molecule has 0 spiro atoms. The minimum Gasteiger partial charge on any atom is -0.409 e. The number of para-hydroxylation sites is 2. The van der Waals surface area contributed by atoms with E-state index < -0.39 is 22.3 Å². The van der Waals surface area contributed by atoms with Crippen molar-refractivity contribution >= 4 is 43.9 Å². The van der Waals surface area contributed by atoms with E-state index in [4.69, 9.17) is 14.2 Å². The number of nitrogens with zero attached hydrogens (tertiary/aromatic N) is 1. The van der Waals surface area contributed by atoms with E-state index in [2.05, 4.69) is 15.9 Å². The Hall–Kier alpha value is -4.15. The summed E-state index contributed by atoms with van der Waals surface area (Å²) in [7, 11) is -4.36. The maximum atomic E-state index is 13.4. The van der Waals surface area contributed by atoms with Gasteiger partial charge in [-0.15, -0.1) is 0 Å². The number of rotatable bonds is 6. The molecule has 4 aromatic carbocycles. The highest BCUT2D eigenvalue weighted by atomic mass is 79.9. The van der Waals surface area contributed by atoms with E-state index in [1.165, 1.54) is 42.5 Å². The number of sulfonamides is 1. The number of hydrogen-bond donors (Lipinski definition) is 0. The van der Waals surface area contributed by atoms with Crippen LogP contribution in [0.15, 0.2) is 119 Å². The molecular weight excluding hydrogens is 550 g/mol. The van der Waals surface area contributed by atoms with Crippen molar-refractivity contribution in [3.05, 3.63) is 114 Å². The van der Waals surface area contributed by atoms with E-state index >= 15 is 0 Å². The first-order valence-corrected chi connectivity index (χ1v) is 12.7. The lowest BCUT2D eigenvalue weighted by Gasteiger charge is -2.22. The smallest absolute Gasteiger partial charge is 0.409 e. The van der Waals surface area contributed by atoms with E-state index in [1.54, 1.807) is 66.7 Å². The van der Waals surface area contributed by atoms with Gasteiger partial charge in [0.05, 0.1) is 15.1 Å². The zero-order valence-corrected chi connectivity index (χ0v) is 20.9. The van der Waals surface area contributed by atoms with Crippen molar-refractivity contribution in [2.24, 2.45) is 0 Å². The summed E-state index contributed by atoms with van der Waals surface area (Å²) in [5.74, 6) is 0.505. The fraction of sp³-hybridized carbons (Fsp3) is 0. The average Bonchev–Trinajstić information content (AvgIpc) is 2.87. The Morgan fingerprint density at radius 3 is 1.75 bits per heavy atom. The van der Waals surface area contributed by atoms with Gasteiger partial charge >= 0.3 is 12.2 Å². The summed E-state index contributed by atoms with van der Waals surface area (Å²) in [6, 6.07) is 27.8. The first-order valence-electron chi connectivity index (χ1n) is 10.5. The Labute approximate surface area is 215 Å². The molecule has 0 aliphatic rings. The molecule has 0 saturated carbocycles. The lowest BCUT2D eigenvalue weighted by molar-refractivity contribution is 0.151. The number of anilines is 1. The molecule has 182 valence electrons. The van der Waals surface area contributed by atoms with Crippen LogP contribution in [0.3, 0.4) is 0 Å². The lowest BCUT2D eigenvalue weighted by Crippen LogP contribution is -2.39. The Morgan fingerprint density at radius 2 is 1.19 bits per heavy atom. The van der Waals surface area contributed by atoms with Crippen molar-refractivity contribution in [1.82, 2.24) is 0 Å². The molecule has 0 N–H and O–H groups in total. The topological polar surface area (TPSA) is 99.2 Å². The molecule has 0 aromatic heterocycles. The van der Waals surface area contributed by atoms with Crippen LogP contribution in [0.25, 0.3) is 0 Å². The number of ether oxygens (including phenoxy) is 3. The van der Waals surface area contributed by atoms with Crippen molar-refractivity contribution in [2.45, 2.75) is 4.90 Å². The van der Waals surface area contributed by atoms with Gasteiger partial charge in [-0.05, 0) is 70.5 Å². The molecule has 0 fully saturated rings. The minimum absolute atomic E-state index is 0.0459. The zero-order valence-electron chi connectivity index (χ0n) is 18.5. The van der Waals surface area contributed by atoms with Crippen LogP contribution < -0.4 is 18.5 Å². The summed E-state index contributed by atoms with van der Waals surface area (Å²) in [4.78, 5) is 25.2. The normalized spacial score (nSPS) is 10.8. The van der Waals surface area contributed by atoms with Crippen LogP contribution >= 0.6 is 15.9 Å². The van der Waals surface area contributed by atoms with Crippen LogP contribution in [0.4, 0.5) is 15.3 Å². The monoisotopic (exact) mass is 567 g/mol. The molecule has 0 atom stereocenters. The SMILES string of the molecule is O=C(Oc1ccccc1)Oc1ccc(N(C(=O)Oc2ccccc2)S(=O)(=O)c2ccccc2)cc1Br. The minimum atomic E-state index is -4.36. The number of hydrogen-bond acceptors (Lipinski definition) is 7. The quantitative estimate of drug-likeness (QED) is 0.196. The fourth-order valence-corrected chi connectivity index (χ4v) is 4.85. The van der Waals surface area contributed by atoms with Gasteiger partial charge in [0, 0.05) is 0 Å². The van der Waals surface area contributed by atoms with E-state index in [1.807, 2.05) is 0 Å². The first kappa shape index (κ1) is 25.0. The average molecular weight is 568 g/mol. The standard InChI is InChI=1S/C26H18BrNO7S/c27-23-18-19(16-17-24(23)35-26(30)34-21-12-6-2-7-13-21)28(25(29)33-20-10-4-1-5-11-20)36(31,32)22-14-8-3-9-15-22/h1-18H. The molecule has 0 saturated heterocycles. The highest BCUT2D eigenvalue weighted by Crippen LogP contribution is 2.33. The van der Waals surface area contributed by atoms with Gasteiger partial charge in [0.25, 0.3) is 10.0 Å². The molecular formula is C26H18BrNO7S. The number of amides is 1. The molecule has 0 aliphatic heterocycles. The first-order chi connectivity index (χ1) is 17.3. The molecule has 4 aromatic rings. The van der Waals surface area contributed by atoms with E-state index in [9.17, 15) is 18.0 Å². The molecule has 0 unspecified atom stereocenters. The zero-order chi connectivity index (χ0) is 25.5. The highest BCUT2D eigenvalue weighted by Gasteiger charge is 2.33. The summed E-state index contributed by atoms with van der Waals surface area (Å²) in [5, 5.41) is 0. The Balaban J connectivity index is 1.64. The molecule has 1 amide bonds. The molecule has 0 radical (unpaired) electrons. The number of benzene rings is 4. The summed E-state index contributed by atoms with van der Waals surface area (Å²) < 4.78 is 43.3. The molecule has 10 heteroatoms. The van der Waals surface area contributed by atoms with E-state index in [0.717, 1.165) is 0 Å². The maximum absolute atomic E-state index is 13.4. The van der Waals surface area contributed by atoms with Crippen molar-refractivity contribution in [3.63, 3.8) is 0 Å². The lowest BCUT2D eigenvalue weighted by atomic mass is 10.3. The highest BCUT2D eigenvalue weighted by molar-refractivity contribution is 9.10. The van der Waals surface area contributed by atoms with Crippen LogP contribution in [-0.4, -0.2) is 20.7 Å².